The molecule has 1 aliphatic rings. The number of rotatable bonds is 4. The van der Waals surface area contributed by atoms with Crippen molar-refractivity contribution < 1.29 is 27.9 Å². The second-order valence-electron chi connectivity index (χ2n) is 7.33. The number of hydrogen-bond donors (Lipinski definition) is 1. The predicted octanol–water partition coefficient (Wildman–Crippen LogP) is 6.14. The molecule has 2 heterocycles. The lowest BCUT2D eigenvalue weighted by Crippen LogP contribution is -2.20. The third-order valence-corrected chi connectivity index (χ3v) is 5.97. The molecule has 0 aliphatic carbocycles. The summed E-state index contributed by atoms with van der Waals surface area (Å²) in [5.41, 5.74) is -0.404. The molecule has 5 nitrogen and oxygen atoms in total. The Morgan fingerprint density at radius 3 is 2.47 bits per heavy atom. The number of nitrogens with zero attached hydrogens (tertiary/aromatic N) is 2. The van der Waals surface area contributed by atoms with E-state index in [0.29, 0.717) is 29.9 Å². The van der Waals surface area contributed by atoms with Crippen LogP contribution in [0.2, 0.25) is 10.0 Å². The number of ketones is 1. The standard InChI is InChI=1S/C22H15Cl2F3N2O3/c23-14-5-3-4-13(22(25,26)27)17(14)19(30)20-28-18(16-6-1-2-9-29(16)20)12-8-7-11(21(31)32)10-15(12)24/h3-5,7-8,10H,1-2,6,9H2,(H,31,32). The minimum absolute atomic E-state index is 0.0194. The summed E-state index contributed by atoms with van der Waals surface area (Å²) in [6.07, 6.45) is -2.70. The van der Waals surface area contributed by atoms with Crippen LogP contribution in [0.5, 0.6) is 0 Å². The van der Waals surface area contributed by atoms with E-state index < -0.39 is 29.1 Å². The molecule has 0 radical (unpaired) electrons. The van der Waals surface area contributed by atoms with Crippen LogP contribution in [0.15, 0.2) is 36.4 Å². The van der Waals surface area contributed by atoms with Crippen LogP contribution in [0.3, 0.4) is 0 Å². The zero-order valence-corrected chi connectivity index (χ0v) is 17.9. The highest BCUT2D eigenvalue weighted by Crippen LogP contribution is 2.38. The Balaban J connectivity index is 1.90. The van der Waals surface area contributed by atoms with Crippen LogP contribution < -0.4 is 0 Å². The molecule has 1 aliphatic heterocycles. The van der Waals surface area contributed by atoms with Gasteiger partial charge in [-0.05, 0) is 43.5 Å². The predicted molar refractivity (Wildman–Crippen MR) is 112 cm³/mol. The Morgan fingerprint density at radius 1 is 1.06 bits per heavy atom. The summed E-state index contributed by atoms with van der Waals surface area (Å²) < 4.78 is 42.3. The van der Waals surface area contributed by atoms with Crippen LogP contribution in [-0.4, -0.2) is 26.4 Å². The van der Waals surface area contributed by atoms with Crippen LogP contribution >= 0.6 is 23.2 Å². The molecule has 1 aromatic heterocycles. The van der Waals surface area contributed by atoms with Crippen molar-refractivity contribution >= 4 is 35.0 Å². The molecule has 0 bridgehead atoms. The Labute approximate surface area is 190 Å². The molecule has 1 N–H and O–H groups in total. The zero-order valence-electron chi connectivity index (χ0n) is 16.3. The van der Waals surface area contributed by atoms with Crippen LogP contribution in [0.1, 0.15) is 50.6 Å². The van der Waals surface area contributed by atoms with Crippen molar-refractivity contribution in [2.24, 2.45) is 0 Å². The number of hydrogen-bond acceptors (Lipinski definition) is 3. The van der Waals surface area contributed by atoms with Gasteiger partial charge >= 0.3 is 12.1 Å². The van der Waals surface area contributed by atoms with Crippen LogP contribution in [0.4, 0.5) is 13.2 Å². The van der Waals surface area contributed by atoms with Gasteiger partial charge in [0.25, 0.3) is 0 Å². The molecule has 0 saturated carbocycles. The first kappa shape index (κ1) is 22.4. The number of carbonyl (C=O) groups is 2. The molecular formula is C22H15Cl2F3N2O3. The molecule has 32 heavy (non-hydrogen) atoms. The van der Waals surface area contributed by atoms with Gasteiger partial charge in [0.15, 0.2) is 5.82 Å². The summed E-state index contributed by atoms with van der Waals surface area (Å²) in [4.78, 5) is 28.9. The van der Waals surface area contributed by atoms with Gasteiger partial charge in [0, 0.05) is 17.8 Å². The van der Waals surface area contributed by atoms with Gasteiger partial charge in [-0.3, -0.25) is 4.79 Å². The van der Waals surface area contributed by atoms with E-state index in [1.54, 1.807) is 4.57 Å². The number of aromatic carboxylic acids is 1. The van der Waals surface area contributed by atoms with E-state index in [9.17, 15) is 22.8 Å². The van der Waals surface area contributed by atoms with Crippen molar-refractivity contribution in [1.29, 1.82) is 0 Å². The molecule has 0 unspecified atom stereocenters. The third kappa shape index (κ3) is 3.89. The molecule has 0 saturated heterocycles. The molecule has 166 valence electrons. The normalized spacial score (nSPS) is 13.7. The Bertz CT molecular complexity index is 1250. The first-order valence-corrected chi connectivity index (χ1v) is 10.4. The SMILES string of the molecule is O=C(O)c1ccc(-c2nc(C(=O)c3c(Cl)cccc3C(F)(F)F)n3c2CCCC3)c(Cl)c1. The Kier molecular flexibility index (Phi) is 5.77. The number of carboxylic acid groups (broad SMARTS) is 1. The monoisotopic (exact) mass is 482 g/mol. The van der Waals surface area contributed by atoms with Crippen molar-refractivity contribution in [3.8, 4) is 11.3 Å². The molecular weight excluding hydrogens is 468 g/mol. The number of imidazole rings is 1. The highest BCUT2D eigenvalue weighted by atomic mass is 35.5. The van der Waals surface area contributed by atoms with Gasteiger partial charge in [-0.2, -0.15) is 13.2 Å². The first-order valence-electron chi connectivity index (χ1n) is 9.62. The van der Waals surface area contributed by atoms with E-state index in [-0.39, 0.29) is 21.4 Å². The topological polar surface area (TPSA) is 72.2 Å². The minimum atomic E-state index is -4.77. The van der Waals surface area contributed by atoms with Crippen molar-refractivity contribution in [3.63, 3.8) is 0 Å². The highest BCUT2D eigenvalue weighted by Gasteiger charge is 2.38. The van der Waals surface area contributed by atoms with E-state index in [2.05, 4.69) is 4.98 Å². The number of carbonyl (C=O) groups excluding carboxylic acids is 1. The average Bonchev–Trinajstić information content (AvgIpc) is 3.12. The fraction of sp³-hybridized carbons (Fsp3) is 0.227. The lowest BCUT2D eigenvalue weighted by atomic mass is 10.0. The second-order valence-corrected chi connectivity index (χ2v) is 8.14. The van der Waals surface area contributed by atoms with Gasteiger partial charge < -0.3 is 9.67 Å². The molecule has 0 amide bonds. The van der Waals surface area contributed by atoms with E-state index in [4.69, 9.17) is 28.3 Å². The van der Waals surface area contributed by atoms with Crippen LogP contribution in [0.25, 0.3) is 11.3 Å². The maximum Gasteiger partial charge on any atom is 0.417 e. The second kappa shape index (κ2) is 8.26. The van der Waals surface area contributed by atoms with E-state index in [1.165, 1.54) is 24.3 Å². The van der Waals surface area contributed by atoms with Crippen molar-refractivity contribution in [1.82, 2.24) is 9.55 Å². The number of fused-ring (bicyclic) bond motifs is 1. The quantitative estimate of drug-likeness (QED) is 0.453. The highest BCUT2D eigenvalue weighted by molar-refractivity contribution is 6.35. The summed E-state index contributed by atoms with van der Waals surface area (Å²) in [5, 5.41) is 8.95. The fourth-order valence-corrected chi connectivity index (χ4v) is 4.41. The summed E-state index contributed by atoms with van der Waals surface area (Å²) in [7, 11) is 0. The number of benzene rings is 2. The van der Waals surface area contributed by atoms with Gasteiger partial charge in [-0.25, -0.2) is 9.78 Å². The average molecular weight is 483 g/mol. The smallest absolute Gasteiger partial charge is 0.417 e. The summed E-state index contributed by atoms with van der Waals surface area (Å²) >= 11 is 12.3. The summed E-state index contributed by atoms with van der Waals surface area (Å²) in [6, 6.07) is 7.28. The minimum Gasteiger partial charge on any atom is -0.478 e. The molecule has 2 aromatic carbocycles. The van der Waals surface area contributed by atoms with Crippen LogP contribution in [0, 0.1) is 0 Å². The molecule has 0 atom stereocenters. The molecule has 4 rings (SSSR count). The third-order valence-electron chi connectivity index (χ3n) is 5.34. The van der Waals surface area contributed by atoms with Crippen molar-refractivity contribution in [2.45, 2.75) is 32.0 Å². The van der Waals surface area contributed by atoms with Gasteiger partial charge in [-0.15, -0.1) is 0 Å². The van der Waals surface area contributed by atoms with Crippen molar-refractivity contribution in [3.05, 3.63) is 74.7 Å². The number of halogens is 5. The zero-order chi connectivity index (χ0) is 23.2. The molecule has 0 spiro atoms. The van der Waals surface area contributed by atoms with Crippen molar-refractivity contribution in [2.75, 3.05) is 0 Å². The Morgan fingerprint density at radius 2 is 1.81 bits per heavy atom. The first-order chi connectivity index (χ1) is 15.1. The number of carboxylic acids is 1. The maximum atomic E-state index is 13.6. The van der Waals surface area contributed by atoms with E-state index in [1.807, 2.05) is 0 Å². The number of aromatic nitrogens is 2. The van der Waals surface area contributed by atoms with E-state index in [0.717, 1.165) is 25.0 Å². The fourth-order valence-electron chi connectivity index (χ4n) is 3.88. The Hall–Kier alpha value is -2.84. The molecule has 0 fully saturated rings. The lowest BCUT2D eigenvalue weighted by Gasteiger charge is -2.18. The van der Waals surface area contributed by atoms with Gasteiger partial charge in [-0.1, -0.05) is 35.3 Å². The lowest BCUT2D eigenvalue weighted by molar-refractivity contribution is -0.137. The van der Waals surface area contributed by atoms with Gasteiger partial charge in [0.1, 0.15) is 0 Å². The molecule has 3 aromatic rings. The summed E-state index contributed by atoms with van der Waals surface area (Å²) in [5.74, 6) is -2.25. The largest absolute Gasteiger partial charge is 0.478 e. The molecule has 10 heteroatoms. The maximum absolute atomic E-state index is 13.6. The van der Waals surface area contributed by atoms with Gasteiger partial charge in [0.2, 0.25) is 5.78 Å². The van der Waals surface area contributed by atoms with E-state index >= 15 is 0 Å². The van der Waals surface area contributed by atoms with Crippen LogP contribution in [-0.2, 0) is 19.1 Å². The van der Waals surface area contributed by atoms with Gasteiger partial charge in [0.05, 0.1) is 32.4 Å². The summed E-state index contributed by atoms with van der Waals surface area (Å²) in [6.45, 7) is 0.403. The number of alkyl halides is 3.